The Morgan fingerprint density at radius 1 is 1.50 bits per heavy atom. The summed E-state index contributed by atoms with van der Waals surface area (Å²) in [7, 11) is 0. The van der Waals surface area contributed by atoms with Crippen LogP contribution in [0, 0.1) is 6.92 Å². The Morgan fingerprint density at radius 2 is 2.25 bits per heavy atom. The molecule has 3 heteroatoms. The van der Waals surface area contributed by atoms with E-state index in [0.717, 1.165) is 22.5 Å². The normalized spacial score (nSPS) is 9.92. The van der Waals surface area contributed by atoms with Crippen molar-refractivity contribution >= 4 is 15.9 Å². The maximum Gasteiger partial charge on any atom is 0.141 e. The van der Waals surface area contributed by atoms with Crippen LogP contribution >= 0.6 is 15.9 Å². The second kappa shape index (κ2) is 4.45. The van der Waals surface area contributed by atoms with Gasteiger partial charge in [0, 0.05) is 11.0 Å². The summed E-state index contributed by atoms with van der Waals surface area (Å²) >= 11 is 3.37. The van der Waals surface area contributed by atoms with Gasteiger partial charge in [-0.1, -0.05) is 15.9 Å². The van der Waals surface area contributed by atoms with E-state index in [-0.39, 0.29) is 0 Å². The molecule has 1 heterocycles. The molecular weight excluding hydrogens is 218 g/mol. The van der Waals surface area contributed by atoms with E-state index >= 15 is 0 Å². The number of rotatable bonds is 3. The largest absolute Gasteiger partial charge is 0.492 e. The first-order valence-electron chi connectivity index (χ1n) is 3.93. The lowest BCUT2D eigenvalue weighted by atomic mass is 10.3. The number of halogens is 1. The SMILES string of the molecule is CCOc1ccc(C)nc1CBr. The number of nitrogens with zero attached hydrogens (tertiary/aromatic N) is 1. The van der Waals surface area contributed by atoms with Crippen LogP contribution in [0.1, 0.15) is 18.3 Å². The van der Waals surface area contributed by atoms with Crippen molar-refractivity contribution < 1.29 is 4.74 Å². The fourth-order valence-electron chi connectivity index (χ4n) is 0.980. The second-order valence-electron chi connectivity index (χ2n) is 2.46. The molecule has 1 aromatic heterocycles. The molecule has 12 heavy (non-hydrogen) atoms. The highest BCUT2D eigenvalue weighted by Gasteiger charge is 2.02. The average Bonchev–Trinajstić information content (AvgIpc) is 2.08. The summed E-state index contributed by atoms with van der Waals surface area (Å²) in [5, 5.41) is 0.740. The van der Waals surface area contributed by atoms with Gasteiger partial charge in [0.2, 0.25) is 0 Å². The van der Waals surface area contributed by atoms with Crippen LogP contribution in [0.2, 0.25) is 0 Å². The summed E-state index contributed by atoms with van der Waals surface area (Å²) in [6.07, 6.45) is 0. The first kappa shape index (κ1) is 9.52. The van der Waals surface area contributed by atoms with Crippen LogP contribution in [0.3, 0.4) is 0 Å². The Hall–Kier alpha value is -0.570. The summed E-state index contributed by atoms with van der Waals surface area (Å²) in [4.78, 5) is 4.34. The molecule has 0 saturated carbocycles. The molecular formula is C9H12BrNO. The summed E-state index contributed by atoms with van der Waals surface area (Å²) in [6, 6.07) is 3.92. The Kier molecular flexibility index (Phi) is 3.53. The Labute approximate surface area is 81.1 Å². The number of pyridine rings is 1. The number of aryl methyl sites for hydroxylation is 1. The van der Waals surface area contributed by atoms with Gasteiger partial charge in [0.1, 0.15) is 5.75 Å². The number of ether oxygens (including phenoxy) is 1. The second-order valence-corrected chi connectivity index (χ2v) is 3.02. The van der Waals surface area contributed by atoms with Crippen molar-refractivity contribution in [2.24, 2.45) is 0 Å². The van der Waals surface area contributed by atoms with E-state index in [1.807, 2.05) is 26.0 Å². The van der Waals surface area contributed by atoms with Crippen molar-refractivity contribution in [3.63, 3.8) is 0 Å². The fraction of sp³-hybridized carbons (Fsp3) is 0.444. The van der Waals surface area contributed by atoms with E-state index in [1.165, 1.54) is 0 Å². The molecule has 0 bridgehead atoms. The van der Waals surface area contributed by atoms with Gasteiger partial charge in [-0.25, -0.2) is 0 Å². The molecule has 0 saturated heterocycles. The smallest absolute Gasteiger partial charge is 0.141 e. The molecule has 0 aromatic carbocycles. The van der Waals surface area contributed by atoms with Crippen LogP contribution in [-0.2, 0) is 5.33 Å². The van der Waals surface area contributed by atoms with Gasteiger partial charge in [-0.05, 0) is 26.0 Å². The van der Waals surface area contributed by atoms with Gasteiger partial charge in [0.25, 0.3) is 0 Å². The van der Waals surface area contributed by atoms with Crippen molar-refractivity contribution in [1.82, 2.24) is 4.98 Å². The number of aromatic nitrogens is 1. The van der Waals surface area contributed by atoms with Crippen molar-refractivity contribution in [2.75, 3.05) is 6.61 Å². The van der Waals surface area contributed by atoms with E-state index in [4.69, 9.17) is 4.74 Å². The summed E-state index contributed by atoms with van der Waals surface area (Å²) in [5.74, 6) is 0.875. The minimum atomic E-state index is 0.685. The van der Waals surface area contributed by atoms with E-state index in [1.54, 1.807) is 0 Å². The first-order chi connectivity index (χ1) is 5.77. The Morgan fingerprint density at radius 3 is 2.83 bits per heavy atom. The molecule has 1 rings (SSSR count). The van der Waals surface area contributed by atoms with Gasteiger partial charge in [0.15, 0.2) is 0 Å². The summed E-state index contributed by atoms with van der Waals surface area (Å²) in [6.45, 7) is 4.63. The third-order valence-corrected chi connectivity index (χ3v) is 2.03. The van der Waals surface area contributed by atoms with Crippen LogP contribution in [0.4, 0.5) is 0 Å². The van der Waals surface area contributed by atoms with Gasteiger partial charge in [-0.3, -0.25) is 4.98 Å². The molecule has 1 aromatic rings. The van der Waals surface area contributed by atoms with Crippen LogP contribution in [0.5, 0.6) is 5.75 Å². The molecule has 0 fully saturated rings. The third kappa shape index (κ3) is 2.21. The monoisotopic (exact) mass is 229 g/mol. The zero-order chi connectivity index (χ0) is 8.97. The summed E-state index contributed by atoms with van der Waals surface area (Å²) in [5.41, 5.74) is 1.99. The van der Waals surface area contributed by atoms with Crippen molar-refractivity contribution in [3.05, 3.63) is 23.5 Å². The molecule has 0 unspecified atom stereocenters. The first-order valence-corrected chi connectivity index (χ1v) is 5.05. The van der Waals surface area contributed by atoms with Gasteiger partial charge in [-0.2, -0.15) is 0 Å². The Balaban J connectivity index is 2.94. The molecule has 0 radical (unpaired) electrons. The minimum absolute atomic E-state index is 0.685. The number of hydrogen-bond donors (Lipinski definition) is 0. The maximum absolute atomic E-state index is 5.39. The zero-order valence-electron chi connectivity index (χ0n) is 7.30. The van der Waals surface area contributed by atoms with Gasteiger partial charge in [0.05, 0.1) is 12.3 Å². The molecule has 0 N–H and O–H groups in total. The maximum atomic E-state index is 5.39. The number of alkyl halides is 1. The van der Waals surface area contributed by atoms with E-state index in [2.05, 4.69) is 20.9 Å². The van der Waals surface area contributed by atoms with Crippen LogP contribution in [0.15, 0.2) is 12.1 Å². The topological polar surface area (TPSA) is 22.1 Å². The predicted molar refractivity (Wildman–Crippen MR) is 52.8 cm³/mol. The fourth-order valence-corrected chi connectivity index (χ4v) is 1.38. The molecule has 0 amide bonds. The van der Waals surface area contributed by atoms with Gasteiger partial charge in [-0.15, -0.1) is 0 Å². The van der Waals surface area contributed by atoms with Crippen molar-refractivity contribution in [1.29, 1.82) is 0 Å². The number of hydrogen-bond acceptors (Lipinski definition) is 2. The minimum Gasteiger partial charge on any atom is -0.492 e. The van der Waals surface area contributed by atoms with Crippen LogP contribution in [-0.4, -0.2) is 11.6 Å². The molecule has 66 valence electrons. The molecule has 0 aliphatic heterocycles. The van der Waals surface area contributed by atoms with E-state index in [0.29, 0.717) is 6.61 Å². The Bertz CT molecular complexity index is 263. The van der Waals surface area contributed by atoms with E-state index in [9.17, 15) is 0 Å². The molecule has 0 aliphatic carbocycles. The quantitative estimate of drug-likeness (QED) is 0.744. The van der Waals surface area contributed by atoms with Crippen molar-refractivity contribution in [3.8, 4) is 5.75 Å². The third-order valence-electron chi connectivity index (χ3n) is 1.50. The van der Waals surface area contributed by atoms with Crippen LogP contribution < -0.4 is 4.74 Å². The highest BCUT2D eigenvalue weighted by molar-refractivity contribution is 9.08. The lowest BCUT2D eigenvalue weighted by Gasteiger charge is -2.07. The average molecular weight is 230 g/mol. The molecule has 0 spiro atoms. The highest BCUT2D eigenvalue weighted by Crippen LogP contribution is 2.19. The van der Waals surface area contributed by atoms with Crippen LogP contribution in [0.25, 0.3) is 0 Å². The van der Waals surface area contributed by atoms with Gasteiger partial charge >= 0.3 is 0 Å². The molecule has 0 atom stereocenters. The lowest BCUT2D eigenvalue weighted by Crippen LogP contribution is -1.98. The highest BCUT2D eigenvalue weighted by atomic mass is 79.9. The predicted octanol–water partition coefficient (Wildman–Crippen LogP) is 2.68. The van der Waals surface area contributed by atoms with Gasteiger partial charge < -0.3 is 4.74 Å². The molecule has 0 aliphatic rings. The zero-order valence-corrected chi connectivity index (χ0v) is 8.89. The van der Waals surface area contributed by atoms with E-state index < -0.39 is 0 Å². The standard InChI is InChI=1S/C9H12BrNO/c1-3-12-9-5-4-7(2)11-8(9)6-10/h4-5H,3,6H2,1-2H3. The lowest BCUT2D eigenvalue weighted by molar-refractivity contribution is 0.335. The summed E-state index contributed by atoms with van der Waals surface area (Å²) < 4.78 is 5.39. The van der Waals surface area contributed by atoms with Crippen molar-refractivity contribution in [2.45, 2.75) is 19.2 Å². The molecule has 2 nitrogen and oxygen atoms in total.